The Labute approximate surface area is 161 Å². The quantitative estimate of drug-likeness (QED) is 0.181. The summed E-state index contributed by atoms with van der Waals surface area (Å²) in [5.74, 6) is -5.46. The fourth-order valence-electron chi connectivity index (χ4n) is 2.09. The molecule has 0 aromatic carbocycles. The Balaban J connectivity index is 5.06. The van der Waals surface area contributed by atoms with Crippen LogP contribution in [-0.2, 0) is 24.0 Å². The van der Waals surface area contributed by atoms with Crippen molar-refractivity contribution in [2.75, 3.05) is 6.61 Å². The second kappa shape index (κ2) is 11.9. The van der Waals surface area contributed by atoms with E-state index in [1.807, 2.05) is 0 Å². The van der Waals surface area contributed by atoms with Crippen molar-refractivity contribution in [1.29, 1.82) is 0 Å². The minimum atomic E-state index is -1.52. The number of carbonyl (C=O) groups excluding carboxylic acids is 3. The Hall–Kier alpha value is -2.73. The van der Waals surface area contributed by atoms with E-state index < -0.39 is 66.9 Å². The van der Waals surface area contributed by atoms with Crippen LogP contribution in [0.5, 0.6) is 0 Å². The minimum Gasteiger partial charge on any atom is -0.481 e. The SMILES string of the molecule is CCC(C)C(NC(=O)C(N)CC(=O)O)C(=O)NC(C)C(=O)NC(CO)C(=O)O. The standard InChI is InChI=1S/C16H28N4O8/c1-4-7(2)12(20-14(25)9(17)5-11(22)23)15(26)18-8(3)13(24)19-10(6-21)16(27)28/h7-10,12,21H,4-6,17H2,1-3H3,(H,18,26)(H,19,24)(H,20,25)(H,22,23)(H,27,28). The summed E-state index contributed by atoms with van der Waals surface area (Å²) in [7, 11) is 0. The van der Waals surface area contributed by atoms with Crippen LogP contribution in [0.1, 0.15) is 33.6 Å². The summed E-state index contributed by atoms with van der Waals surface area (Å²) in [6.07, 6.45) is -0.129. The van der Waals surface area contributed by atoms with Crippen molar-refractivity contribution in [3.63, 3.8) is 0 Å². The lowest BCUT2D eigenvalue weighted by molar-refractivity contribution is -0.143. The van der Waals surface area contributed by atoms with Crippen LogP contribution in [0.25, 0.3) is 0 Å². The third kappa shape index (κ3) is 8.31. The van der Waals surface area contributed by atoms with Crippen LogP contribution in [0.4, 0.5) is 0 Å². The number of carboxylic acid groups (broad SMARTS) is 2. The third-order valence-electron chi connectivity index (χ3n) is 4.07. The number of aliphatic hydroxyl groups is 1. The maximum Gasteiger partial charge on any atom is 0.328 e. The van der Waals surface area contributed by atoms with E-state index in [0.29, 0.717) is 6.42 Å². The Morgan fingerprint density at radius 1 is 0.929 bits per heavy atom. The Kier molecular flexibility index (Phi) is 10.7. The molecule has 0 spiro atoms. The van der Waals surface area contributed by atoms with Crippen LogP contribution in [0.15, 0.2) is 0 Å². The first kappa shape index (κ1) is 25.3. The molecule has 12 heteroatoms. The van der Waals surface area contributed by atoms with Crippen LogP contribution >= 0.6 is 0 Å². The summed E-state index contributed by atoms with van der Waals surface area (Å²) in [5.41, 5.74) is 5.49. The highest BCUT2D eigenvalue weighted by Gasteiger charge is 2.31. The topological polar surface area (TPSA) is 208 Å². The molecule has 0 saturated carbocycles. The molecule has 28 heavy (non-hydrogen) atoms. The number of aliphatic hydroxyl groups excluding tert-OH is 1. The second-order valence-corrected chi connectivity index (χ2v) is 6.39. The van der Waals surface area contributed by atoms with Gasteiger partial charge in [0.15, 0.2) is 0 Å². The van der Waals surface area contributed by atoms with Gasteiger partial charge in [-0.3, -0.25) is 19.2 Å². The van der Waals surface area contributed by atoms with E-state index in [0.717, 1.165) is 0 Å². The van der Waals surface area contributed by atoms with Crippen LogP contribution < -0.4 is 21.7 Å². The largest absolute Gasteiger partial charge is 0.481 e. The summed E-state index contributed by atoms with van der Waals surface area (Å²) in [5, 5.41) is 33.3. The summed E-state index contributed by atoms with van der Waals surface area (Å²) in [6, 6.07) is -5.11. The van der Waals surface area contributed by atoms with Crippen molar-refractivity contribution in [3.8, 4) is 0 Å². The van der Waals surface area contributed by atoms with Gasteiger partial charge < -0.3 is 37.0 Å². The molecular weight excluding hydrogens is 376 g/mol. The van der Waals surface area contributed by atoms with E-state index in [1.54, 1.807) is 13.8 Å². The van der Waals surface area contributed by atoms with Crippen molar-refractivity contribution in [2.24, 2.45) is 11.7 Å². The molecule has 160 valence electrons. The van der Waals surface area contributed by atoms with E-state index in [2.05, 4.69) is 16.0 Å². The summed E-state index contributed by atoms with van der Waals surface area (Å²) < 4.78 is 0. The van der Waals surface area contributed by atoms with E-state index in [9.17, 15) is 24.0 Å². The van der Waals surface area contributed by atoms with Crippen molar-refractivity contribution in [3.05, 3.63) is 0 Å². The first-order valence-electron chi connectivity index (χ1n) is 8.66. The second-order valence-electron chi connectivity index (χ2n) is 6.39. The van der Waals surface area contributed by atoms with Gasteiger partial charge in [-0.05, 0) is 12.8 Å². The van der Waals surface area contributed by atoms with E-state index >= 15 is 0 Å². The molecule has 5 atom stereocenters. The number of carboxylic acids is 2. The number of aliphatic carboxylic acids is 2. The molecule has 0 radical (unpaired) electrons. The lowest BCUT2D eigenvalue weighted by Crippen LogP contribution is -2.58. The molecule has 0 aliphatic rings. The lowest BCUT2D eigenvalue weighted by atomic mass is 9.97. The van der Waals surface area contributed by atoms with Gasteiger partial charge in [-0.1, -0.05) is 20.3 Å². The number of amides is 3. The molecule has 0 saturated heterocycles. The average Bonchev–Trinajstić information content (AvgIpc) is 2.61. The third-order valence-corrected chi connectivity index (χ3v) is 4.07. The van der Waals surface area contributed by atoms with Crippen molar-refractivity contribution in [2.45, 2.75) is 57.8 Å². The molecule has 0 fully saturated rings. The van der Waals surface area contributed by atoms with Gasteiger partial charge in [0.2, 0.25) is 17.7 Å². The molecule has 0 bridgehead atoms. The Bertz CT molecular complexity index is 597. The summed E-state index contributed by atoms with van der Waals surface area (Å²) in [6.45, 7) is 3.91. The van der Waals surface area contributed by atoms with E-state index in [4.69, 9.17) is 21.1 Å². The molecular formula is C16H28N4O8. The predicted molar refractivity (Wildman–Crippen MR) is 95.9 cm³/mol. The number of carbonyl (C=O) groups is 5. The molecule has 0 aliphatic heterocycles. The first-order chi connectivity index (χ1) is 12.9. The van der Waals surface area contributed by atoms with Crippen LogP contribution in [0.2, 0.25) is 0 Å². The molecule has 12 nitrogen and oxygen atoms in total. The Morgan fingerprint density at radius 3 is 1.93 bits per heavy atom. The predicted octanol–water partition coefficient (Wildman–Crippen LogP) is -2.61. The molecule has 0 aromatic heterocycles. The lowest BCUT2D eigenvalue weighted by Gasteiger charge is -2.26. The normalized spacial score (nSPS) is 16.0. The highest BCUT2D eigenvalue weighted by molar-refractivity contribution is 5.94. The Morgan fingerprint density at radius 2 is 1.50 bits per heavy atom. The van der Waals surface area contributed by atoms with Crippen LogP contribution in [0.3, 0.4) is 0 Å². The fraction of sp³-hybridized carbons (Fsp3) is 0.688. The average molecular weight is 404 g/mol. The summed E-state index contributed by atoms with van der Waals surface area (Å²) in [4.78, 5) is 58.0. The van der Waals surface area contributed by atoms with Gasteiger partial charge >= 0.3 is 11.9 Å². The smallest absolute Gasteiger partial charge is 0.328 e. The van der Waals surface area contributed by atoms with Gasteiger partial charge in [-0.2, -0.15) is 0 Å². The molecule has 0 rings (SSSR count). The summed E-state index contributed by atoms with van der Waals surface area (Å²) >= 11 is 0. The number of rotatable bonds is 12. The molecule has 0 aromatic rings. The maximum absolute atomic E-state index is 12.5. The highest BCUT2D eigenvalue weighted by atomic mass is 16.4. The number of nitrogens with two attached hydrogens (primary N) is 1. The van der Waals surface area contributed by atoms with Gasteiger partial charge in [0.25, 0.3) is 0 Å². The van der Waals surface area contributed by atoms with Gasteiger partial charge in [0.1, 0.15) is 18.1 Å². The molecule has 8 N–H and O–H groups in total. The number of hydrogen-bond acceptors (Lipinski definition) is 7. The number of nitrogens with one attached hydrogen (secondary N) is 3. The van der Waals surface area contributed by atoms with Gasteiger partial charge in [0, 0.05) is 0 Å². The van der Waals surface area contributed by atoms with Crippen LogP contribution in [-0.4, -0.2) is 75.8 Å². The van der Waals surface area contributed by atoms with Crippen molar-refractivity contribution < 1.29 is 39.3 Å². The molecule has 0 heterocycles. The van der Waals surface area contributed by atoms with Crippen LogP contribution in [0, 0.1) is 5.92 Å². The zero-order chi connectivity index (χ0) is 22.0. The highest BCUT2D eigenvalue weighted by Crippen LogP contribution is 2.09. The fourth-order valence-corrected chi connectivity index (χ4v) is 2.09. The van der Waals surface area contributed by atoms with E-state index in [1.165, 1.54) is 6.92 Å². The number of hydrogen-bond donors (Lipinski definition) is 7. The van der Waals surface area contributed by atoms with Gasteiger partial charge in [-0.25, -0.2) is 4.79 Å². The molecule has 0 aliphatic carbocycles. The monoisotopic (exact) mass is 404 g/mol. The zero-order valence-corrected chi connectivity index (χ0v) is 16.0. The van der Waals surface area contributed by atoms with Crippen molar-refractivity contribution >= 4 is 29.7 Å². The zero-order valence-electron chi connectivity index (χ0n) is 16.0. The van der Waals surface area contributed by atoms with E-state index in [-0.39, 0.29) is 5.92 Å². The maximum atomic E-state index is 12.5. The van der Waals surface area contributed by atoms with Gasteiger partial charge in [0.05, 0.1) is 19.1 Å². The molecule has 3 amide bonds. The van der Waals surface area contributed by atoms with Gasteiger partial charge in [-0.15, -0.1) is 0 Å². The van der Waals surface area contributed by atoms with Crippen molar-refractivity contribution in [1.82, 2.24) is 16.0 Å². The molecule has 5 unspecified atom stereocenters. The first-order valence-corrected chi connectivity index (χ1v) is 8.66. The minimum absolute atomic E-state index is 0.361.